The molecule has 6 nitrogen and oxygen atoms in total. The summed E-state index contributed by atoms with van der Waals surface area (Å²) in [6, 6.07) is 12.8. The van der Waals surface area contributed by atoms with Crippen LogP contribution in [0.3, 0.4) is 0 Å². The molecule has 3 rings (SSSR count). The molecule has 0 aliphatic heterocycles. The Morgan fingerprint density at radius 1 is 1.21 bits per heavy atom. The van der Waals surface area contributed by atoms with Crippen LogP contribution in [0.4, 0.5) is 0 Å². The van der Waals surface area contributed by atoms with Crippen LogP contribution in [0.5, 0.6) is 5.88 Å². The van der Waals surface area contributed by atoms with Gasteiger partial charge in [0.1, 0.15) is 6.61 Å². The number of benzene rings is 1. The van der Waals surface area contributed by atoms with Crippen LogP contribution in [0, 0.1) is 5.92 Å². The molecule has 1 aliphatic rings. The molecule has 2 N–H and O–H groups in total. The minimum absolute atomic E-state index is 0.0829. The molecule has 24 heavy (non-hydrogen) atoms. The molecular formula is C18H18N2O4. The summed E-state index contributed by atoms with van der Waals surface area (Å²) in [5, 5.41) is 11.7. The zero-order valence-electron chi connectivity index (χ0n) is 13.0. The van der Waals surface area contributed by atoms with Crippen molar-refractivity contribution in [2.45, 2.75) is 25.5 Å². The number of nitrogens with zero attached hydrogens (tertiary/aromatic N) is 1. The van der Waals surface area contributed by atoms with Crippen molar-refractivity contribution in [3.63, 3.8) is 0 Å². The zero-order chi connectivity index (χ0) is 16.9. The van der Waals surface area contributed by atoms with E-state index < -0.39 is 5.97 Å². The van der Waals surface area contributed by atoms with E-state index in [4.69, 9.17) is 9.84 Å². The minimum Gasteiger partial charge on any atom is -0.481 e. The van der Waals surface area contributed by atoms with Crippen LogP contribution in [0.15, 0.2) is 48.7 Å². The molecule has 1 heterocycles. The van der Waals surface area contributed by atoms with Gasteiger partial charge in [-0.15, -0.1) is 0 Å². The molecule has 1 aromatic carbocycles. The van der Waals surface area contributed by atoms with E-state index in [0.717, 1.165) is 5.56 Å². The Morgan fingerprint density at radius 2 is 1.96 bits per heavy atom. The number of pyridine rings is 1. The van der Waals surface area contributed by atoms with Crippen molar-refractivity contribution in [2.75, 3.05) is 0 Å². The number of hydrogen-bond acceptors (Lipinski definition) is 4. The Labute approximate surface area is 139 Å². The molecule has 1 aromatic heterocycles. The molecule has 124 valence electrons. The van der Waals surface area contributed by atoms with Gasteiger partial charge in [-0.2, -0.15) is 0 Å². The second-order valence-electron chi connectivity index (χ2n) is 5.83. The van der Waals surface area contributed by atoms with E-state index >= 15 is 0 Å². The van der Waals surface area contributed by atoms with Gasteiger partial charge in [0.2, 0.25) is 5.88 Å². The monoisotopic (exact) mass is 326 g/mol. The predicted octanol–water partition coefficient (Wildman–Crippen LogP) is 2.25. The third-order valence-electron chi connectivity index (χ3n) is 4.05. The summed E-state index contributed by atoms with van der Waals surface area (Å²) in [7, 11) is 0. The molecule has 0 unspecified atom stereocenters. The maximum atomic E-state index is 12.2. The summed E-state index contributed by atoms with van der Waals surface area (Å²) in [5.41, 5.74) is 1.47. The number of nitrogens with one attached hydrogen (secondary N) is 1. The second kappa shape index (κ2) is 7.12. The molecule has 1 fully saturated rings. The van der Waals surface area contributed by atoms with Crippen LogP contribution < -0.4 is 10.1 Å². The first-order valence-electron chi connectivity index (χ1n) is 7.78. The fraction of sp³-hybridized carbons (Fsp3) is 0.278. The number of carbonyl (C=O) groups excluding carboxylic acids is 1. The molecule has 6 heteroatoms. The minimum atomic E-state index is -0.805. The van der Waals surface area contributed by atoms with Crippen LogP contribution in [0.25, 0.3) is 0 Å². The van der Waals surface area contributed by atoms with E-state index in [1.54, 1.807) is 12.1 Å². The highest BCUT2D eigenvalue weighted by Crippen LogP contribution is 2.27. The lowest BCUT2D eigenvalue weighted by atomic mass is 9.80. The summed E-state index contributed by atoms with van der Waals surface area (Å²) in [5.74, 6) is -1.02. The summed E-state index contributed by atoms with van der Waals surface area (Å²) in [6.07, 6.45) is 2.48. The van der Waals surface area contributed by atoms with Crippen molar-refractivity contribution in [1.29, 1.82) is 0 Å². The average Bonchev–Trinajstić information content (AvgIpc) is 2.56. The molecule has 1 aliphatic carbocycles. The van der Waals surface area contributed by atoms with Gasteiger partial charge in [-0.25, -0.2) is 4.98 Å². The maximum Gasteiger partial charge on any atom is 0.306 e. The van der Waals surface area contributed by atoms with Gasteiger partial charge in [-0.05, 0) is 24.5 Å². The lowest BCUT2D eigenvalue weighted by Gasteiger charge is -2.32. The van der Waals surface area contributed by atoms with E-state index in [1.807, 2.05) is 30.3 Å². The Morgan fingerprint density at radius 3 is 2.67 bits per heavy atom. The van der Waals surface area contributed by atoms with Gasteiger partial charge in [0, 0.05) is 23.9 Å². The number of carboxylic acids is 1. The highest BCUT2D eigenvalue weighted by Gasteiger charge is 2.35. The Bertz CT molecular complexity index is 727. The highest BCUT2D eigenvalue weighted by atomic mass is 16.5. The van der Waals surface area contributed by atoms with E-state index in [-0.39, 0.29) is 17.9 Å². The number of carbonyl (C=O) groups is 2. The van der Waals surface area contributed by atoms with Crippen molar-refractivity contribution >= 4 is 11.9 Å². The molecule has 0 saturated heterocycles. The molecule has 0 atom stereocenters. The third kappa shape index (κ3) is 3.90. The number of ether oxygens (including phenoxy) is 1. The van der Waals surface area contributed by atoms with Crippen molar-refractivity contribution in [1.82, 2.24) is 10.3 Å². The predicted molar refractivity (Wildman–Crippen MR) is 86.6 cm³/mol. The van der Waals surface area contributed by atoms with E-state index in [9.17, 15) is 9.59 Å². The molecule has 0 spiro atoms. The Balaban J connectivity index is 1.55. The number of hydrogen-bond donors (Lipinski definition) is 2. The fourth-order valence-corrected chi connectivity index (χ4v) is 2.57. The molecular weight excluding hydrogens is 308 g/mol. The van der Waals surface area contributed by atoms with Crippen LogP contribution in [0.1, 0.15) is 28.8 Å². The largest absolute Gasteiger partial charge is 0.481 e. The van der Waals surface area contributed by atoms with Crippen LogP contribution in [-0.4, -0.2) is 28.0 Å². The zero-order valence-corrected chi connectivity index (χ0v) is 13.0. The van der Waals surface area contributed by atoms with Crippen LogP contribution in [-0.2, 0) is 11.4 Å². The summed E-state index contributed by atoms with van der Waals surface area (Å²) in [6.45, 7) is 0.377. The Hall–Kier alpha value is -2.89. The van der Waals surface area contributed by atoms with Crippen molar-refractivity contribution in [3.8, 4) is 5.88 Å². The van der Waals surface area contributed by atoms with Gasteiger partial charge in [-0.1, -0.05) is 30.3 Å². The molecule has 2 aromatic rings. The number of carboxylic acid groups (broad SMARTS) is 1. The first kappa shape index (κ1) is 16.0. The molecule has 1 amide bonds. The first-order valence-corrected chi connectivity index (χ1v) is 7.78. The summed E-state index contributed by atoms with van der Waals surface area (Å²) in [4.78, 5) is 27.1. The standard InChI is InChI=1S/C18H18N2O4/c21-17(20-15-8-14(9-15)18(22)23)13-6-7-19-16(10-13)24-11-12-4-2-1-3-5-12/h1-7,10,14-15H,8-9,11H2,(H,20,21)(H,22,23). The van der Waals surface area contributed by atoms with Crippen molar-refractivity contribution in [2.24, 2.45) is 5.92 Å². The number of aromatic nitrogens is 1. The number of aliphatic carboxylic acids is 1. The number of rotatable bonds is 6. The van der Waals surface area contributed by atoms with Crippen LogP contribution >= 0.6 is 0 Å². The normalized spacial score (nSPS) is 19.2. The quantitative estimate of drug-likeness (QED) is 0.850. The highest BCUT2D eigenvalue weighted by molar-refractivity contribution is 5.94. The Kier molecular flexibility index (Phi) is 4.74. The maximum absolute atomic E-state index is 12.2. The summed E-state index contributed by atoms with van der Waals surface area (Å²) >= 11 is 0. The van der Waals surface area contributed by atoms with E-state index in [2.05, 4.69) is 10.3 Å². The molecule has 1 saturated carbocycles. The lowest BCUT2D eigenvalue weighted by molar-refractivity contribution is -0.145. The fourth-order valence-electron chi connectivity index (χ4n) is 2.57. The van der Waals surface area contributed by atoms with Gasteiger partial charge in [0.25, 0.3) is 5.91 Å². The number of amides is 1. The topological polar surface area (TPSA) is 88.5 Å². The smallest absolute Gasteiger partial charge is 0.306 e. The van der Waals surface area contributed by atoms with E-state index in [1.165, 1.54) is 6.20 Å². The third-order valence-corrected chi connectivity index (χ3v) is 4.05. The van der Waals surface area contributed by atoms with Gasteiger partial charge >= 0.3 is 5.97 Å². The van der Waals surface area contributed by atoms with Crippen molar-refractivity contribution < 1.29 is 19.4 Å². The van der Waals surface area contributed by atoms with E-state index in [0.29, 0.717) is 30.9 Å². The lowest BCUT2D eigenvalue weighted by Crippen LogP contribution is -2.46. The molecule has 0 radical (unpaired) electrons. The van der Waals surface area contributed by atoms with Gasteiger partial charge in [0.15, 0.2) is 0 Å². The van der Waals surface area contributed by atoms with Crippen LogP contribution in [0.2, 0.25) is 0 Å². The molecule has 0 bridgehead atoms. The van der Waals surface area contributed by atoms with Gasteiger partial charge in [-0.3, -0.25) is 9.59 Å². The summed E-state index contributed by atoms with van der Waals surface area (Å²) < 4.78 is 5.61. The average molecular weight is 326 g/mol. The first-order chi connectivity index (χ1) is 11.6. The SMILES string of the molecule is O=C(NC1CC(C(=O)O)C1)c1ccnc(OCc2ccccc2)c1. The van der Waals surface area contributed by atoms with Gasteiger partial charge in [0.05, 0.1) is 5.92 Å². The second-order valence-corrected chi connectivity index (χ2v) is 5.83. The van der Waals surface area contributed by atoms with Crippen molar-refractivity contribution in [3.05, 3.63) is 59.8 Å². The van der Waals surface area contributed by atoms with Gasteiger partial charge < -0.3 is 15.2 Å².